The van der Waals surface area contributed by atoms with Gasteiger partial charge in [0, 0.05) is 5.56 Å². The van der Waals surface area contributed by atoms with Crippen molar-refractivity contribution in [2.45, 2.75) is 13.8 Å². The van der Waals surface area contributed by atoms with Gasteiger partial charge in [-0.25, -0.2) is 9.78 Å². The minimum atomic E-state index is -0.638. The van der Waals surface area contributed by atoms with E-state index in [-0.39, 0.29) is 23.8 Å². The van der Waals surface area contributed by atoms with E-state index in [4.69, 9.17) is 9.15 Å². The van der Waals surface area contributed by atoms with E-state index in [1.807, 2.05) is 43.3 Å². The minimum Gasteiger partial charge on any atom is -0.460 e. The van der Waals surface area contributed by atoms with Crippen molar-refractivity contribution in [1.82, 2.24) is 4.98 Å². The Bertz CT molecular complexity index is 900. The Hall–Kier alpha value is -3.15. The number of carbonyl (C=O) groups excluding carboxylic acids is 2. The lowest BCUT2D eigenvalue weighted by atomic mass is 10.1. The summed E-state index contributed by atoms with van der Waals surface area (Å²) in [6, 6.07) is 11.5. The number of carbonyl (C=O) groups is 2. The zero-order valence-corrected chi connectivity index (χ0v) is 13.3. The number of benzene rings is 1. The van der Waals surface area contributed by atoms with Crippen molar-refractivity contribution in [3.8, 4) is 11.3 Å². The van der Waals surface area contributed by atoms with Crippen molar-refractivity contribution in [2.24, 2.45) is 0 Å². The van der Waals surface area contributed by atoms with Crippen LogP contribution in [0, 0.1) is 6.92 Å². The van der Waals surface area contributed by atoms with Crippen molar-refractivity contribution >= 4 is 29.2 Å². The summed E-state index contributed by atoms with van der Waals surface area (Å²) in [7, 11) is 0. The van der Waals surface area contributed by atoms with Gasteiger partial charge in [0.1, 0.15) is 5.69 Å². The summed E-state index contributed by atoms with van der Waals surface area (Å²) in [6.45, 7) is 3.78. The highest BCUT2D eigenvalue weighted by Gasteiger charge is 2.24. The highest BCUT2D eigenvalue weighted by atomic mass is 16.5. The van der Waals surface area contributed by atoms with Gasteiger partial charge in [-0.2, -0.15) is 0 Å². The zero-order chi connectivity index (χ0) is 17.1. The maximum Gasteiger partial charge on any atom is 0.376 e. The van der Waals surface area contributed by atoms with Crippen molar-refractivity contribution in [2.75, 3.05) is 11.9 Å². The molecule has 0 spiro atoms. The SMILES string of the molecule is CCOC(=O)c1oc2nc(-c3ccccc3)cc(C)c2c1NC=O. The van der Waals surface area contributed by atoms with E-state index in [0.29, 0.717) is 11.8 Å². The average molecular weight is 324 g/mol. The molecule has 0 saturated carbocycles. The summed E-state index contributed by atoms with van der Waals surface area (Å²) in [5, 5.41) is 3.11. The fourth-order valence-electron chi connectivity index (χ4n) is 2.58. The Morgan fingerprint density at radius 3 is 2.75 bits per heavy atom. The van der Waals surface area contributed by atoms with Crippen molar-refractivity contribution in [3.63, 3.8) is 0 Å². The first kappa shape index (κ1) is 15.7. The maximum absolute atomic E-state index is 12.1. The molecule has 0 atom stereocenters. The number of amides is 1. The molecular formula is C18H16N2O4. The second-order valence-electron chi connectivity index (χ2n) is 5.16. The number of aromatic nitrogens is 1. The van der Waals surface area contributed by atoms with Crippen LogP contribution in [0.15, 0.2) is 40.8 Å². The summed E-state index contributed by atoms with van der Waals surface area (Å²) in [5.74, 6) is -0.694. The topological polar surface area (TPSA) is 81.4 Å². The van der Waals surface area contributed by atoms with Crippen LogP contribution < -0.4 is 5.32 Å². The predicted octanol–water partition coefficient (Wildman–Crippen LogP) is 3.55. The molecule has 0 fully saturated rings. The van der Waals surface area contributed by atoms with Gasteiger partial charge < -0.3 is 14.5 Å². The Morgan fingerprint density at radius 2 is 2.08 bits per heavy atom. The van der Waals surface area contributed by atoms with Crippen LogP contribution in [-0.2, 0) is 9.53 Å². The smallest absolute Gasteiger partial charge is 0.376 e. The third-order valence-corrected chi connectivity index (χ3v) is 3.59. The number of fused-ring (bicyclic) bond motifs is 1. The molecule has 0 bridgehead atoms. The van der Waals surface area contributed by atoms with Crippen LogP contribution in [0.5, 0.6) is 0 Å². The maximum atomic E-state index is 12.1. The molecule has 0 aliphatic carbocycles. The highest BCUT2D eigenvalue weighted by molar-refractivity contribution is 6.07. The molecule has 3 aromatic rings. The van der Waals surface area contributed by atoms with Gasteiger partial charge in [-0.1, -0.05) is 30.3 Å². The lowest BCUT2D eigenvalue weighted by Gasteiger charge is -2.04. The number of hydrogen-bond donors (Lipinski definition) is 1. The van der Waals surface area contributed by atoms with E-state index in [1.165, 1.54) is 0 Å². The number of rotatable bonds is 5. The lowest BCUT2D eigenvalue weighted by molar-refractivity contribution is -0.105. The third kappa shape index (κ3) is 2.74. The number of esters is 1. The number of nitrogens with one attached hydrogen (secondary N) is 1. The Morgan fingerprint density at radius 1 is 1.33 bits per heavy atom. The van der Waals surface area contributed by atoms with Crippen LogP contribution in [-0.4, -0.2) is 24.0 Å². The molecule has 2 heterocycles. The molecule has 0 saturated heterocycles. The first-order valence-electron chi connectivity index (χ1n) is 7.52. The van der Waals surface area contributed by atoms with Crippen LogP contribution in [0.2, 0.25) is 0 Å². The molecule has 0 aliphatic rings. The van der Waals surface area contributed by atoms with Crippen molar-refractivity contribution in [3.05, 3.63) is 47.7 Å². The number of ether oxygens (including phenoxy) is 1. The monoisotopic (exact) mass is 324 g/mol. The van der Waals surface area contributed by atoms with Crippen LogP contribution in [0.4, 0.5) is 5.69 Å². The van der Waals surface area contributed by atoms with Gasteiger partial charge in [0.25, 0.3) is 0 Å². The fraction of sp³-hybridized carbons (Fsp3) is 0.167. The molecule has 0 unspecified atom stereocenters. The molecule has 1 aromatic carbocycles. The summed E-state index contributed by atoms with van der Waals surface area (Å²) >= 11 is 0. The van der Waals surface area contributed by atoms with E-state index in [9.17, 15) is 9.59 Å². The largest absolute Gasteiger partial charge is 0.460 e. The molecule has 6 nitrogen and oxygen atoms in total. The first-order chi connectivity index (χ1) is 11.7. The van der Waals surface area contributed by atoms with Gasteiger partial charge in [-0.05, 0) is 25.5 Å². The number of pyridine rings is 1. The first-order valence-corrected chi connectivity index (χ1v) is 7.52. The van der Waals surface area contributed by atoms with Gasteiger partial charge in [0.05, 0.1) is 17.7 Å². The fourth-order valence-corrected chi connectivity index (χ4v) is 2.58. The summed E-state index contributed by atoms with van der Waals surface area (Å²) in [6.07, 6.45) is 0.498. The van der Waals surface area contributed by atoms with Crippen LogP contribution in [0.1, 0.15) is 23.0 Å². The number of aryl methyl sites for hydroxylation is 1. The van der Waals surface area contributed by atoms with Gasteiger partial charge in [0.2, 0.25) is 17.9 Å². The second-order valence-corrected chi connectivity index (χ2v) is 5.16. The molecule has 122 valence electrons. The summed E-state index contributed by atoms with van der Waals surface area (Å²) < 4.78 is 10.6. The quantitative estimate of drug-likeness (QED) is 0.573. The molecule has 2 aromatic heterocycles. The van der Waals surface area contributed by atoms with E-state index >= 15 is 0 Å². The van der Waals surface area contributed by atoms with Crippen LogP contribution in [0.25, 0.3) is 22.4 Å². The second kappa shape index (κ2) is 6.54. The number of hydrogen-bond acceptors (Lipinski definition) is 5. The Labute approximate surface area is 138 Å². The number of nitrogens with zero attached hydrogens (tertiary/aromatic N) is 1. The van der Waals surface area contributed by atoms with Gasteiger partial charge >= 0.3 is 5.97 Å². The highest BCUT2D eigenvalue weighted by Crippen LogP contribution is 2.34. The van der Waals surface area contributed by atoms with Gasteiger partial charge in [-0.15, -0.1) is 0 Å². The molecule has 1 N–H and O–H groups in total. The molecule has 1 amide bonds. The standard InChI is InChI=1S/C18H16N2O4/c1-3-23-18(22)16-15(19-10-21)14-11(2)9-13(20-17(14)24-16)12-7-5-4-6-8-12/h4-10H,3H2,1-2H3,(H,19,21). The van der Waals surface area contributed by atoms with Gasteiger partial charge in [-0.3, -0.25) is 4.79 Å². The molecule has 0 radical (unpaired) electrons. The van der Waals surface area contributed by atoms with E-state index in [2.05, 4.69) is 10.3 Å². The van der Waals surface area contributed by atoms with Crippen LogP contribution in [0.3, 0.4) is 0 Å². The average Bonchev–Trinajstić information content (AvgIpc) is 2.95. The Balaban J connectivity index is 2.21. The molecule has 0 aliphatic heterocycles. The van der Waals surface area contributed by atoms with Crippen molar-refractivity contribution < 1.29 is 18.7 Å². The minimum absolute atomic E-state index is 0.0558. The summed E-state index contributed by atoms with van der Waals surface area (Å²) in [4.78, 5) is 27.5. The normalized spacial score (nSPS) is 10.6. The zero-order valence-electron chi connectivity index (χ0n) is 13.3. The number of furan rings is 1. The third-order valence-electron chi connectivity index (χ3n) is 3.59. The van der Waals surface area contributed by atoms with Crippen LogP contribution >= 0.6 is 0 Å². The van der Waals surface area contributed by atoms with Gasteiger partial charge in [0.15, 0.2) is 0 Å². The van der Waals surface area contributed by atoms with E-state index in [0.717, 1.165) is 16.8 Å². The lowest BCUT2D eigenvalue weighted by Crippen LogP contribution is -2.07. The molecular weight excluding hydrogens is 308 g/mol. The molecule has 6 heteroatoms. The Kier molecular flexibility index (Phi) is 4.29. The van der Waals surface area contributed by atoms with Crippen molar-refractivity contribution in [1.29, 1.82) is 0 Å². The van der Waals surface area contributed by atoms with E-state index < -0.39 is 5.97 Å². The summed E-state index contributed by atoms with van der Waals surface area (Å²) in [5.41, 5.74) is 3.05. The molecule has 24 heavy (non-hydrogen) atoms. The predicted molar refractivity (Wildman–Crippen MR) is 89.8 cm³/mol. The molecule has 3 rings (SSSR count). The number of anilines is 1. The van der Waals surface area contributed by atoms with E-state index in [1.54, 1.807) is 6.92 Å².